The van der Waals surface area contributed by atoms with Crippen LogP contribution in [0.25, 0.3) is 0 Å². The molecule has 0 saturated carbocycles. The van der Waals surface area contributed by atoms with E-state index in [-0.39, 0.29) is 5.60 Å². The zero-order valence-corrected chi connectivity index (χ0v) is 12.1. The second-order valence-electron chi connectivity index (χ2n) is 6.61. The molecule has 1 atom stereocenters. The molecule has 0 aliphatic carbocycles. The van der Waals surface area contributed by atoms with Crippen molar-refractivity contribution in [2.45, 2.75) is 45.3 Å². The molecule has 0 N–H and O–H groups in total. The Bertz CT molecular complexity index is 391. The van der Waals surface area contributed by atoms with Crippen molar-refractivity contribution in [3.05, 3.63) is 24.2 Å². The van der Waals surface area contributed by atoms with E-state index in [2.05, 4.69) is 24.8 Å². The van der Waals surface area contributed by atoms with E-state index in [1.54, 1.807) is 6.26 Å². The molecule has 3 nitrogen and oxygen atoms in total. The van der Waals surface area contributed by atoms with E-state index in [1.165, 1.54) is 24.8 Å². The summed E-state index contributed by atoms with van der Waals surface area (Å²) in [5, 5.41) is 0. The van der Waals surface area contributed by atoms with Gasteiger partial charge in [0.1, 0.15) is 0 Å². The molecule has 0 radical (unpaired) electrons. The van der Waals surface area contributed by atoms with Gasteiger partial charge in [-0.15, -0.1) is 0 Å². The van der Waals surface area contributed by atoms with Crippen molar-refractivity contribution in [3.63, 3.8) is 0 Å². The Morgan fingerprint density at radius 3 is 2.74 bits per heavy atom. The molecule has 0 unspecified atom stereocenters. The van der Waals surface area contributed by atoms with Gasteiger partial charge in [-0.25, -0.2) is 0 Å². The predicted molar refractivity (Wildman–Crippen MR) is 74.8 cm³/mol. The van der Waals surface area contributed by atoms with E-state index >= 15 is 0 Å². The fourth-order valence-electron chi connectivity index (χ4n) is 3.42. The van der Waals surface area contributed by atoms with Gasteiger partial charge in [0.15, 0.2) is 0 Å². The Morgan fingerprint density at radius 1 is 1.37 bits per heavy atom. The molecule has 1 aromatic rings. The van der Waals surface area contributed by atoms with Crippen LogP contribution in [-0.4, -0.2) is 30.2 Å². The number of rotatable bonds is 3. The van der Waals surface area contributed by atoms with Gasteiger partial charge in [0, 0.05) is 25.2 Å². The molecule has 1 aromatic heterocycles. The van der Waals surface area contributed by atoms with E-state index in [0.29, 0.717) is 0 Å². The van der Waals surface area contributed by atoms with Crippen molar-refractivity contribution in [3.8, 4) is 0 Å². The molecule has 2 aliphatic heterocycles. The monoisotopic (exact) mass is 263 g/mol. The molecule has 106 valence electrons. The van der Waals surface area contributed by atoms with Gasteiger partial charge >= 0.3 is 0 Å². The highest BCUT2D eigenvalue weighted by Crippen LogP contribution is 2.41. The third kappa shape index (κ3) is 2.87. The maximum Gasteiger partial charge on any atom is 0.0947 e. The average molecular weight is 263 g/mol. The van der Waals surface area contributed by atoms with E-state index in [9.17, 15) is 0 Å². The van der Waals surface area contributed by atoms with Crippen LogP contribution < -0.4 is 0 Å². The summed E-state index contributed by atoms with van der Waals surface area (Å²) in [6.07, 6.45) is 7.26. The first kappa shape index (κ1) is 13.2. The molecule has 19 heavy (non-hydrogen) atoms. The van der Waals surface area contributed by atoms with Gasteiger partial charge in [-0.05, 0) is 37.2 Å². The topological polar surface area (TPSA) is 25.6 Å². The van der Waals surface area contributed by atoms with E-state index in [4.69, 9.17) is 9.15 Å². The smallest absolute Gasteiger partial charge is 0.0947 e. The van der Waals surface area contributed by atoms with Gasteiger partial charge in [0.2, 0.25) is 0 Å². The Morgan fingerprint density at radius 2 is 2.16 bits per heavy atom. The molecule has 1 spiro atoms. The number of piperidine rings is 1. The summed E-state index contributed by atoms with van der Waals surface area (Å²) in [4.78, 5) is 2.52. The van der Waals surface area contributed by atoms with Crippen molar-refractivity contribution < 1.29 is 9.15 Å². The quantitative estimate of drug-likeness (QED) is 0.836. The Balaban J connectivity index is 1.52. The maximum absolute atomic E-state index is 6.19. The minimum absolute atomic E-state index is 0.196. The summed E-state index contributed by atoms with van der Waals surface area (Å²) in [6.45, 7) is 8.92. The first-order valence-corrected chi connectivity index (χ1v) is 7.54. The number of likely N-dealkylation sites (tertiary alicyclic amines) is 1. The first-order chi connectivity index (χ1) is 9.17. The zero-order valence-electron chi connectivity index (χ0n) is 12.1. The third-order valence-corrected chi connectivity index (χ3v) is 4.93. The average Bonchev–Trinajstić information content (AvgIpc) is 3.03. The Kier molecular flexibility index (Phi) is 3.68. The molecule has 0 amide bonds. The largest absolute Gasteiger partial charge is 0.472 e. The van der Waals surface area contributed by atoms with Crippen LogP contribution in [0.15, 0.2) is 23.0 Å². The number of hydrogen-bond acceptors (Lipinski definition) is 3. The fraction of sp³-hybridized carbons (Fsp3) is 0.750. The first-order valence-electron chi connectivity index (χ1n) is 7.54. The summed E-state index contributed by atoms with van der Waals surface area (Å²) < 4.78 is 11.3. The lowest BCUT2D eigenvalue weighted by molar-refractivity contribution is -0.0452. The molecule has 2 saturated heterocycles. The lowest BCUT2D eigenvalue weighted by Crippen LogP contribution is -2.43. The number of furan rings is 1. The summed E-state index contributed by atoms with van der Waals surface area (Å²) in [7, 11) is 0. The Hall–Kier alpha value is -0.800. The molecular weight excluding hydrogens is 238 g/mol. The van der Waals surface area contributed by atoms with Crippen molar-refractivity contribution in [1.29, 1.82) is 0 Å². The van der Waals surface area contributed by atoms with E-state index < -0.39 is 0 Å². The predicted octanol–water partition coefficient (Wildman–Crippen LogP) is 3.31. The van der Waals surface area contributed by atoms with Gasteiger partial charge in [-0.1, -0.05) is 13.8 Å². The number of ether oxygens (including phenoxy) is 1. The van der Waals surface area contributed by atoms with E-state index in [0.717, 1.165) is 38.1 Å². The van der Waals surface area contributed by atoms with Crippen LogP contribution in [0, 0.1) is 11.8 Å². The Labute approximate surface area is 115 Å². The van der Waals surface area contributed by atoms with Crippen molar-refractivity contribution in [2.24, 2.45) is 11.8 Å². The highest BCUT2D eigenvalue weighted by atomic mass is 16.5. The van der Waals surface area contributed by atoms with Crippen molar-refractivity contribution in [1.82, 2.24) is 4.90 Å². The fourth-order valence-corrected chi connectivity index (χ4v) is 3.42. The molecule has 3 heterocycles. The number of hydrogen-bond donors (Lipinski definition) is 0. The zero-order chi connectivity index (χ0) is 13.3. The lowest BCUT2D eigenvalue weighted by atomic mass is 9.82. The minimum atomic E-state index is 0.196. The van der Waals surface area contributed by atoms with Gasteiger partial charge < -0.3 is 9.15 Å². The molecule has 0 bridgehead atoms. The van der Waals surface area contributed by atoms with Gasteiger partial charge in [-0.3, -0.25) is 4.90 Å². The second kappa shape index (κ2) is 5.29. The number of nitrogens with zero attached hydrogens (tertiary/aromatic N) is 1. The summed E-state index contributed by atoms with van der Waals surface area (Å²) >= 11 is 0. The minimum Gasteiger partial charge on any atom is -0.472 e. The van der Waals surface area contributed by atoms with Gasteiger partial charge in [0.25, 0.3) is 0 Å². The highest BCUT2D eigenvalue weighted by molar-refractivity contribution is 5.05. The van der Waals surface area contributed by atoms with Crippen LogP contribution in [-0.2, 0) is 11.3 Å². The summed E-state index contributed by atoms with van der Waals surface area (Å²) in [5.74, 6) is 1.52. The molecule has 2 aliphatic rings. The van der Waals surface area contributed by atoms with Crippen LogP contribution in [0.5, 0.6) is 0 Å². The normalized spacial score (nSPS) is 27.4. The van der Waals surface area contributed by atoms with E-state index in [1.807, 2.05) is 6.26 Å². The molecule has 3 rings (SSSR count). The van der Waals surface area contributed by atoms with Gasteiger partial charge in [0.05, 0.1) is 24.7 Å². The standard InChI is InChI=1S/C16H25NO2/c1-13(2)15-9-16(19-12-15)4-6-17(7-5-16)10-14-3-8-18-11-14/h3,8,11,13,15H,4-7,9-10,12H2,1-2H3/t15-/m0/s1. The molecule has 0 aromatic carbocycles. The van der Waals surface area contributed by atoms with Crippen LogP contribution in [0.2, 0.25) is 0 Å². The van der Waals surface area contributed by atoms with Crippen LogP contribution >= 0.6 is 0 Å². The molecule has 2 fully saturated rings. The molecular formula is C16H25NO2. The lowest BCUT2D eigenvalue weighted by Gasteiger charge is -2.38. The summed E-state index contributed by atoms with van der Waals surface area (Å²) in [5.41, 5.74) is 1.48. The van der Waals surface area contributed by atoms with Gasteiger partial charge in [-0.2, -0.15) is 0 Å². The van der Waals surface area contributed by atoms with Crippen molar-refractivity contribution in [2.75, 3.05) is 19.7 Å². The second-order valence-corrected chi connectivity index (χ2v) is 6.61. The summed E-state index contributed by atoms with van der Waals surface area (Å²) in [6, 6.07) is 2.06. The van der Waals surface area contributed by atoms with Crippen LogP contribution in [0.1, 0.15) is 38.7 Å². The maximum atomic E-state index is 6.19. The molecule has 3 heteroatoms. The van der Waals surface area contributed by atoms with Crippen LogP contribution in [0.3, 0.4) is 0 Å². The van der Waals surface area contributed by atoms with Crippen LogP contribution in [0.4, 0.5) is 0 Å². The van der Waals surface area contributed by atoms with Crippen molar-refractivity contribution >= 4 is 0 Å². The third-order valence-electron chi connectivity index (χ3n) is 4.93. The SMILES string of the molecule is CC(C)[C@@H]1COC2(CCN(Cc3ccoc3)CC2)C1. The highest BCUT2D eigenvalue weighted by Gasteiger charge is 2.43.